The van der Waals surface area contributed by atoms with Crippen molar-refractivity contribution >= 4 is 10.0 Å². The first-order valence-corrected chi connectivity index (χ1v) is 8.85. The highest BCUT2D eigenvalue weighted by Gasteiger charge is 2.34. The van der Waals surface area contributed by atoms with Gasteiger partial charge in [-0.3, -0.25) is 0 Å². The Bertz CT molecular complexity index is 549. The molecule has 0 radical (unpaired) electrons. The smallest absolute Gasteiger partial charge is 0.241 e. The van der Waals surface area contributed by atoms with E-state index in [2.05, 4.69) is 17.0 Å². The van der Waals surface area contributed by atoms with Crippen molar-refractivity contribution in [2.45, 2.75) is 43.7 Å². The molecule has 21 heavy (non-hydrogen) atoms. The Labute approximate surface area is 127 Å². The fraction of sp³-hybridized carbons (Fsp3) is 0.600. The third-order valence-corrected chi connectivity index (χ3v) is 5.24. The molecule has 2 N–H and O–H groups in total. The maximum atomic E-state index is 12.4. The van der Waals surface area contributed by atoms with Gasteiger partial charge in [-0.05, 0) is 44.0 Å². The predicted molar refractivity (Wildman–Crippen MR) is 82.6 cm³/mol. The van der Waals surface area contributed by atoms with Gasteiger partial charge in [0.25, 0.3) is 0 Å². The number of benzene rings is 1. The van der Waals surface area contributed by atoms with E-state index in [1.807, 2.05) is 19.1 Å². The Hall–Kier alpha value is -0.950. The lowest BCUT2D eigenvalue weighted by Crippen LogP contribution is -2.46. The number of hydrogen-bond donors (Lipinski definition) is 2. The van der Waals surface area contributed by atoms with Gasteiger partial charge in [-0.2, -0.15) is 0 Å². The SMILES string of the molecule is CCCNCc1ccc(S(=O)(=O)NC2(C)CCOC2)cc1. The Morgan fingerprint density at radius 1 is 1.29 bits per heavy atom. The van der Waals surface area contributed by atoms with Crippen LogP contribution in [0, 0.1) is 0 Å². The van der Waals surface area contributed by atoms with Crippen molar-refractivity contribution in [2.75, 3.05) is 19.8 Å². The van der Waals surface area contributed by atoms with E-state index in [-0.39, 0.29) is 0 Å². The second-order valence-electron chi connectivity index (χ2n) is 5.79. The van der Waals surface area contributed by atoms with Gasteiger partial charge in [0.1, 0.15) is 0 Å². The van der Waals surface area contributed by atoms with E-state index in [0.29, 0.717) is 24.5 Å². The zero-order chi connectivity index (χ0) is 15.3. The lowest BCUT2D eigenvalue weighted by atomic mass is 10.0. The van der Waals surface area contributed by atoms with Gasteiger partial charge in [0.15, 0.2) is 0 Å². The van der Waals surface area contributed by atoms with Crippen molar-refractivity contribution in [1.29, 1.82) is 0 Å². The summed E-state index contributed by atoms with van der Waals surface area (Å²) in [4.78, 5) is 0.301. The highest BCUT2D eigenvalue weighted by molar-refractivity contribution is 7.89. The lowest BCUT2D eigenvalue weighted by molar-refractivity contribution is 0.178. The van der Waals surface area contributed by atoms with Crippen LogP contribution in [0.15, 0.2) is 29.2 Å². The Morgan fingerprint density at radius 2 is 2.00 bits per heavy atom. The normalized spacial score (nSPS) is 22.6. The molecule has 1 saturated heterocycles. The minimum Gasteiger partial charge on any atom is -0.379 e. The minimum absolute atomic E-state index is 0.301. The quantitative estimate of drug-likeness (QED) is 0.751. The van der Waals surface area contributed by atoms with Crippen LogP contribution in [-0.2, 0) is 21.3 Å². The third kappa shape index (κ3) is 4.51. The highest BCUT2D eigenvalue weighted by atomic mass is 32.2. The molecular weight excluding hydrogens is 288 g/mol. The van der Waals surface area contributed by atoms with Crippen LogP contribution in [0.25, 0.3) is 0 Å². The number of rotatable bonds is 7. The van der Waals surface area contributed by atoms with Crippen molar-refractivity contribution in [2.24, 2.45) is 0 Å². The molecular formula is C15H24N2O3S. The molecule has 0 amide bonds. The third-order valence-electron chi connectivity index (χ3n) is 3.59. The van der Waals surface area contributed by atoms with E-state index in [0.717, 1.165) is 25.1 Å². The molecule has 118 valence electrons. The van der Waals surface area contributed by atoms with Crippen LogP contribution in [0.3, 0.4) is 0 Å². The monoisotopic (exact) mass is 312 g/mol. The second-order valence-corrected chi connectivity index (χ2v) is 7.47. The second kappa shape index (κ2) is 6.87. The first-order valence-electron chi connectivity index (χ1n) is 7.37. The molecule has 1 aromatic carbocycles. The molecule has 6 heteroatoms. The van der Waals surface area contributed by atoms with Crippen LogP contribution in [-0.4, -0.2) is 33.7 Å². The van der Waals surface area contributed by atoms with Crippen LogP contribution >= 0.6 is 0 Å². The van der Waals surface area contributed by atoms with E-state index in [1.54, 1.807) is 12.1 Å². The zero-order valence-electron chi connectivity index (χ0n) is 12.7. The van der Waals surface area contributed by atoms with Crippen LogP contribution in [0.2, 0.25) is 0 Å². The van der Waals surface area contributed by atoms with Crippen molar-refractivity contribution in [3.63, 3.8) is 0 Å². The van der Waals surface area contributed by atoms with Gasteiger partial charge in [0, 0.05) is 13.2 Å². The average Bonchev–Trinajstić information content (AvgIpc) is 2.85. The maximum absolute atomic E-state index is 12.4. The molecule has 0 aromatic heterocycles. The van der Waals surface area contributed by atoms with Crippen molar-refractivity contribution < 1.29 is 13.2 Å². The van der Waals surface area contributed by atoms with E-state index in [1.165, 1.54) is 0 Å². The summed E-state index contributed by atoms with van der Waals surface area (Å²) in [5, 5.41) is 3.29. The number of ether oxygens (including phenoxy) is 1. The highest BCUT2D eigenvalue weighted by Crippen LogP contribution is 2.21. The zero-order valence-corrected chi connectivity index (χ0v) is 13.5. The maximum Gasteiger partial charge on any atom is 0.241 e. The van der Waals surface area contributed by atoms with Gasteiger partial charge in [-0.25, -0.2) is 13.1 Å². The molecule has 1 fully saturated rings. The summed E-state index contributed by atoms with van der Waals surface area (Å²) in [5.74, 6) is 0. The Morgan fingerprint density at radius 3 is 2.57 bits per heavy atom. The molecule has 1 atom stereocenters. The average molecular weight is 312 g/mol. The lowest BCUT2D eigenvalue weighted by Gasteiger charge is -2.23. The van der Waals surface area contributed by atoms with E-state index in [4.69, 9.17) is 4.74 Å². The summed E-state index contributed by atoms with van der Waals surface area (Å²) in [5.41, 5.74) is 0.581. The largest absolute Gasteiger partial charge is 0.379 e. The van der Waals surface area contributed by atoms with Crippen molar-refractivity contribution in [1.82, 2.24) is 10.0 Å². The summed E-state index contributed by atoms with van der Waals surface area (Å²) >= 11 is 0. The topological polar surface area (TPSA) is 67.4 Å². The van der Waals surface area contributed by atoms with Gasteiger partial charge in [-0.15, -0.1) is 0 Å². The summed E-state index contributed by atoms with van der Waals surface area (Å²) < 4.78 is 32.8. The number of sulfonamides is 1. The van der Waals surface area contributed by atoms with Crippen molar-refractivity contribution in [3.8, 4) is 0 Å². The molecule has 5 nitrogen and oxygen atoms in total. The van der Waals surface area contributed by atoms with Gasteiger partial charge in [-0.1, -0.05) is 19.1 Å². The molecule has 0 aliphatic carbocycles. The van der Waals surface area contributed by atoms with Crippen LogP contribution in [0.4, 0.5) is 0 Å². The predicted octanol–water partition coefficient (Wildman–Crippen LogP) is 1.64. The van der Waals surface area contributed by atoms with Gasteiger partial charge < -0.3 is 10.1 Å². The minimum atomic E-state index is -3.49. The fourth-order valence-electron chi connectivity index (χ4n) is 2.33. The van der Waals surface area contributed by atoms with E-state index >= 15 is 0 Å². The van der Waals surface area contributed by atoms with Crippen LogP contribution < -0.4 is 10.0 Å². The van der Waals surface area contributed by atoms with E-state index in [9.17, 15) is 8.42 Å². The summed E-state index contributed by atoms with van der Waals surface area (Å²) in [6.07, 6.45) is 1.78. The molecule has 1 aliphatic rings. The van der Waals surface area contributed by atoms with Gasteiger partial charge >= 0.3 is 0 Å². The standard InChI is InChI=1S/C15H24N2O3S/c1-3-9-16-11-13-4-6-14(7-5-13)21(18,19)17-15(2)8-10-20-12-15/h4-7,16-17H,3,8-12H2,1-2H3. The summed E-state index contributed by atoms with van der Waals surface area (Å²) in [6.45, 7) is 6.72. The first kappa shape index (κ1) is 16.4. The molecule has 1 unspecified atom stereocenters. The summed E-state index contributed by atoms with van der Waals surface area (Å²) in [6, 6.07) is 7.02. The first-order chi connectivity index (χ1) is 9.95. The van der Waals surface area contributed by atoms with Crippen molar-refractivity contribution in [3.05, 3.63) is 29.8 Å². The molecule has 0 bridgehead atoms. The number of nitrogens with one attached hydrogen (secondary N) is 2. The van der Waals surface area contributed by atoms with E-state index < -0.39 is 15.6 Å². The van der Waals surface area contributed by atoms with Crippen LogP contribution in [0.5, 0.6) is 0 Å². The fourth-order valence-corrected chi connectivity index (χ4v) is 3.75. The molecule has 1 heterocycles. The Kier molecular flexibility index (Phi) is 5.37. The molecule has 1 aromatic rings. The Balaban J connectivity index is 2.03. The molecule has 0 saturated carbocycles. The molecule has 1 aliphatic heterocycles. The molecule has 2 rings (SSSR count). The number of hydrogen-bond acceptors (Lipinski definition) is 4. The van der Waals surface area contributed by atoms with Crippen LogP contribution in [0.1, 0.15) is 32.3 Å². The van der Waals surface area contributed by atoms with Gasteiger partial charge in [0.05, 0.1) is 17.0 Å². The van der Waals surface area contributed by atoms with Gasteiger partial charge in [0.2, 0.25) is 10.0 Å². The summed E-state index contributed by atoms with van der Waals surface area (Å²) in [7, 11) is -3.49. The molecule has 0 spiro atoms.